The van der Waals surface area contributed by atoms with E-state index in [1.807, 2.05) is 37.3 Å². The van der Waals surface area contributed by atoms with Crippen molar-refractivity contribution < 1.29 is 8.42 Å². The number of benzene rings is 1. The summed E-state index contributed by atoms with van der Waals surface area (Å²) in [5.74, 6) is 1.11. The van der Waals surface area contributed by atoms with Crippen molar-refractivity contribution in [3.8, 4) is 0 Å². The van der Waals surface area contributed by atoms with Crippen LogP contribution in [0, 0.1) is 5.92 Å². The summed E-state index contributed by atoms with van der Waals surface area (Å²) in [5, 5.41) is 0. The van der Waals surface area contributed by atoms with Crippen molar-refractivity contribution in [2.75, 3.05) is 11.5 Å². The smallest absolute Gasteiger partial charge is 0.151 e. The lowest BCUT2D eigenvalue weighted by Crippen LogP contribution is -2.06. The molecule has 0 aromatic heterocycles. The van der Waals surface area contributed by atoms with Crippen LogP contribution in [0.1, 0.15) is 18.4 Å². The molecule has 0 N–H and O–H groups in total. The van der Waals surface area contributed by atoms with Gasteiger partial charge < -0.3 is 0 Å². The maximum Gasteiger partial charge on any atom is 0.151 e. The second-order valence-corrected chi connectivity index (χ2v) is 6.23. The first-order valence-corrected chi connectivity index (χ1v) is 6.66. The highest BCUT2D eigenvalue weighted by Crippen LogP contribution is 2.33. The van der Waals surface area contributed by atoms with Gasteiger partial charge in [0.15, 0.2) is 9.84 Å². The van der Waals surface area contributed by atoms with Crippen molar-refractivity contribution in [3.05, 3.63) is 35.9 Å². The predicted molar refractivity (Wildman–Crippen MR) is 57.0 cm³/mol. The van der Waals surface area contributed by atoms with Gasteiger partial charge in [0.05, 0.1) is 11.5 Å². The zero-order chi connectivity index (χ0) is 10.2. The fraction of sp³-hybridized carbons (Fsp3) is 0.455. The Balaban J connectivity index is 2.30. The van der Waals surface area contributed by atoms with Crippen LogP contribution in [0.5, 0.6) is 0 Å². The fourth-order valence-electron chi connectivity index (χ4n) is 2.15. The first-order chi connectivity index (χ1) is 6.58. The average Bonchev–Trinajstić information content (AvgIpc) is 2.41. The molecule has 0 bridgehead atoms. The molecular formula is C11H14O2S. The zero-order valence-electron chi connectivity index (χ0n) is 8.18. The SMILES string of the molecule is CC1CS(=O)(=O)CC1c1ccccc1. The fourth-order valence-corrected chi connectivity index (χ4v) is 4.39. The minimum atomic E-state index is -2.79. The molecule has 1 aliphatic heterocycles. The van der Waals surface area contributed by atoms with Crippen LogP contribution in [0.25, 0.3) is 0 Å². The molecule has 1 aliphatic rings. The Morgan fingerprint density at radius 2 is 1.79 bits per heavy atom. The third kappa shape index (κ3) is 1.82. The summed E-state index contributed by atoms with van der Waals surface area (Å²) in [6, 6.07) is 9.92. The largest absolute Gasteiger partial charge is 0.229 e. The van der Waals surface area contributed by atoms with Crippen LogP contribution in [0.15, 0.2) is 30.3 Å². The summed E-state index contributed by atoms with van der Waals surface area (Å²) >= 11 is 0. The van der Waals surface area contributed by atoms with Crippen LogP contribution >= 0.6 is 0 Å². The van der Waals surface area contributed by atoms with Gasteiger partial charge in [0.1, 0.15) is 0 Å². The van der Waals surface area contributed by atoms with Crippen molar-refractivity contribution in [2.45, 2.75) is 12.8 Å². The second kappa shape index (κ2) is 3.39. The molecule has 0 spiro atoms. The molecule has 0 amide bonds. The van der Waals surface area contributed by atoms with Crippen molar-refractivity contribution in [2.24, 2.45) is 5.92 Å². The zero-order valence-corrected chi connectivity index (χ0v) is 9.00. The number of hydrogen-bond acceptors (Lipinski definition) is 2. The van der Waals surface area contributed by atoms with Crippen LogP contribution in [-0.2, 0) is 9.84 Å². The molecule has 1 heterocycles. The van der Waals surface area contributed by atoms with E-state index in [-0.39, 0.29) is 11.8 Å². The first-order valence-electron chi connectivity index (χ1n) is 4.84. The van der Waals surface area contributed by atoms with Gasteiger partial charge in [-0.1, -0.05) is 37.3 Å². The maximum absolute atomic E-state index is 11.4. The van der Waals surface area contributed by atoms with Gasteiger partial charge >= 0.3 is 0 Å². The predicted octanol–water partition coefficient (Wildman–Crippen LogP) is 1.83. The van der Waals surface area contributed by atoms with Crippen LogP contribution in [0.4, 0.5) is 0 Å². The Morgan fingerprint density at radius 1 is 1.14 bits per heavy atom. The van der Waals surface area contributed by atoms with E-state index >= 15 is 0 Å². The van der Waals surface area contributed by atoms with Crippen molar-refractivity contribution >= 4 is 9.84 Å². The van der Waals surface area contributed by atoms with Crippen molar-refractivity contribution in [1.29, 1.82) is 0 Å². The van der Waals surface area contributed by atoms with Crippen molar-refractivity contribution in [1.82, 2.24) is 0 Å². The summed E-state index contributed by atoms with van der Waals surface area (Å²) in [6.07, 6.45) is 0. The van der Waals surface area contributed by atoms with Crippen LogP contribution in [-0.4, -0.2) is 19.9 Å². The van der Waals surface area contributed by atoms with Gasteiger partial charge in [0, 0.05) is 5.92 Å². The van der Waals surface area contributed by atoms with E-state index < -0.39 is 9.84 Å². The molecule has 2 atom stereocenters. The third-order valence-electron chi connectivity index (χ3n) is 2.86. The normalized spacial score (nSPS) is 30.4. The highest BCUT2D eigenvalue weighted by molar-refractivity contribution is 7.91. The summed E-state index contributed by atoms with van der Waals surface area (Å²) < 4.78 is 22.8. The second-order valence-electron chi connectivity index (χ2n) is 4.07. The Bertz CT molecular complexity index is 408. The van der Waals surface area contributed by atoms with E-state index in [1.54, 1.807) is 0 Å². The summed E-state index contributed by atoms with van der Waals surface area (Å²) in [5.41, 5.74) is 1.15. The third-order valence-corrected chi connectivity index (χ3v) is 4.77. The molecule has 14 heavy (non-hydrogen) atoms. The van der Waals surface area contributed by atoms with Gasteiger partial charge in [-0.05, 0) is 11.5 Å². The molecule has 2 unspecified atom stereocenters. The summed E-state index contributed by atoms with van der Waals surface area (Å²) in [6.45, 7) is 2.02. The van der Waals surface area contributed by atoms with Gasteiger partial charge in [-0.15, -0.1) is 0 Å². The molecule has 1 aromatic carbocycles. The molecule has 1 fully saturated rings. The maximum atomic E-state index is 11.4. The summed E-state index contributed by atoms with van der Waals surface area (Å²) in [7, 11) is -2.79. The lowest BCUT2D eigenvalue weighted by Gasteiger charge is -2.12. The molecule has 3 heteroatoms. The van der Waals surface area contributed by atoms with Gasteiger partial charge in [-0.25, -0.2) is 8.42 Å². The molecule has 1 aromatic rings. The van der Waals surface area contributed by atoms with Gasteiger partial charge in [-0.2, -0.15) is 0 Å². The Hall–Kier alpha value is -0.830. The minimum Gasteiger partial charge on any atom is -0.229 e. The van der Waals surface area contributed by atoms with Gasteiger partial charge in [0.25, 0.3) is 0 Å². The average molecular weight is 210 g/mol. The lowest BCUT2D eigenvalue weighted by molar-refractivity contribution is 0.573. The van der Waals surface area contributed by atoms with Gasteiger partial charge in [0.2, 0.25) is 0 Å². The number of rotatable bonds is 1. The monoisotopic (exact) mass is 210 g/mol. The van der Waals surface area contributed by atoms with Gasteiger partial charge in [-0.3, -0.25) is 0 Å². The highest BCUT2D eigenvalue weighted by atomic mass is 32.2. The van der Waals surface area contributed by atoms with E-state index in [4.69, 9.17) is 0 Å². The quantitative estimate of drug-likeness (QED) is 0.708. The van der Waals surface area contributed by atoms with E-state index in [1.165, 1.54) is 0 Å². The minimum absolute atomic E-state index is 0.196. The van der Waals surface area contributed by atoms with Crippen molar-refractivity contribution in [3.63, 3.8) is 0 Å². The first kappa shape index (κ1) is 9.71. The number of hydrogen-bond donors (Lipinski definition) is 0. The van der Waals surface area contributed by atoms with E-state index in [0.717, 1.165) is 5.56 Å². The molecule has 0 radical (unpaired) electrons. The van der Waals surface area contributed by atoms with Crippen LogP contribution in [0.2, 0.25) is 0 Å². The molecule has 2 nitrogen and oxygen atoms in total. The molecular weight excluding hydrogens is 196 g/mol. The molecule has 2 rings (SSSR count). The van der Waals surface area contributed by atoms with E-state index in [2.05, 4.69) is 0 Å². The Labute approximate surface area is 84.9 Å². The van der Waals surface area contributed by atoms with Crippen LogP contribution in [0.3, 0.4) is 0 Å². The molecule has 76 valence electrons. The topological polar surface area (TPSA) is 34.1 Å². The number of sulfone groups is 1. The lowest BCUT2D eigenvalue weighted by atomic mass is 9.91. The molecule has 1 saturated heterocycles. The van der Waals surface area contributed by atoms with E-state index in [0.29, 0.717) is 11.5 Å². The Kier molecular flexibility index (Phi) is 2.35. The van der Waals surface area contributed by atoms with E-state index in [9.17, 15) is 8.42 Å². The molecule has 0 aliphatic carbocycles. The molecule has 0 saturated carbocycles. The highest BCUT2D eigenvalue weighted by Gasteiger charge is 2.35. The standard InChI is InChI=1S/C11H14O2S/c1-9-7-14(12,13)8-11(9)10-5-3-2-4-6-10/h2-6,9,11H,7-8H2,1H3. The Morgan fingerprint density at radius 3 is 2.29 bits per heavy atom. The summed E-state index contributed by atoms with van der Waals surface area (Å²) in [4.78, 5) is 0. The van der Waals surface area contributed by atoms with Crippen LogP contribution < -0.4 is 0 Å².